The second-order valence-electron chi connectivity index (χ2n) is 8.02. The Hall–Kier alpha value is -2.32. The zero-order chi connectivity index (χ0) is 25.3. The van der Waals surface area contributed by atoms with Gasteiger partial charge in [-0.05, 0) is 5.56 Å². The first-order valence-electron chi connectivity index (χ1n) is 11.0. The van der Waals surface area contributed by atoms with E-state index in [2.05, 4.69) is 9.97 Å². The summed E-state index contributed by atoms with van der Waals surface area (Å²) in [6, 6.07) is 10.0. The Labute approximate surface area is 213 Å². The molecule has 4 heterocycles. The van der Waals surface area contributed by atoms with Crippen molar-refractivity contribution in [2.24, 2.45) is 0 Å². The van der Waals surface area contributed by atoms with E-state index in [9.17, 15) is 4.79 Å². The van der Waals surface area contributed by atoms with Crippen LogP contribution in [0.15, 0.2) is 41.8 Å². The number of carbonyl (C=O) groups excluding carboxylic acids is 1. The third-order valence-electron chi connectivity index (χ3n) is 5.68. The first kappa shape index (κ1) is 25.3. The van der Waals surface area contributed by atoms with Gasteiger partial charge in [0.15, 0.2) is 34.5 Å². The third kappa shape index (κ3) is 5.07. The fourth-order valence-corrected chi connectivity index (χ4v) is 6.33. The number of ether oxygens (including phenoxy) is 3. The van der Waals surface area contributed by atoms with Crippen LogP contribution in [0.25, 0.3) is 11.2 Å². The van der Waals surface area contributed by atoms with Gasteiger partial charge in [0, 0.05) is 19.8 Å². The Morgan fingerprint density at radius 1 is 1.33 bits per heavy atom. The van der Waals surface area contributed by atoms with E-state index in [0.717, 1.165) is 5.56 Å². The molecule has 15 heteroatoms. The van der Waals surface area contributed by atoms with Gasteiger partial charge in [-0.2, -0.15) is 13.6 Å². The number of fused-ring (bicyclic) bond motifs is 2. The van der Waals surface area contributed by atoms with Crippen molar-refractivity contribution in [3.8, 4) is 0 Å². The Balaban J connectivity index is 1.44. The number of thioether (sulfide) groups is 1. The average Bonchev–Trinajstić information content (AvgIpc) is 3.40. The zero-order valence-electron chi connectivity index (χ0n) is 19.6. The predicted molar refractivity (Wildman–Crippen MR) is 132 cm³/mol. The maximum absolute atomic E-state index is 11.1. The number of hydrogen-bond acceptors (Lipinski definition) is 12. The molecule has 0 amide bonds. The summed E-state index contributed by atoms with van der Waals surface area (Å²) < 4.78 is 35.9. The Morgan fingerprint density at radius 2 is 2.14 bits per heavy atom. The summed E-state index contributed by atoms with van der Waals surface area (Å²) in [4.78, 5) is 24.3. The van der Waals surface area contributed by atoms with Gasteiger partial charge >= 0.3 is 21.4 Å². The number of rotatable bonds is 8. The highest BCUT2D eigenvalue weighted by Crippen LogP contribution is 2.63. The second-order valence-corrected chi connectivity index (χ2v) is 10.8. The molecule has 0 bridgehead atoms. The van der Waals surface area contributed by atoms with Crippen LogP contribution in [-0.4, -0.2) is 71.9 Å². The highest BCUT2D eigenvalue weighted by Gasteiger charge is 2.59. The number of aromatic nitrogens is 4. The maximum Gasteiger partial charge on any atom is 0.488 e. The summed E-state index contributed by atoms with van der Waals surface area (Å²) in [5.74, 6) is 0.412. The number of hydrogen-bond donors (Lipinski definition) is 1. The molecule has 1 aromatic carbocycles. The number of imidazole rings is 1. The van der Waals surface area contributed by atoms with Crippen LogP contribution in [0.1, 0.15) is 18.7 Å². The minimum absolute atomic E-state index is 0.0988. The lowest BCUT2D eigenvalue weighted by Crippen LogP contribution is -2.42. The van der Waals surface area contributed by atoms with Crippen LogP contribution in [0.5, 0.6) is 0 Å². The molecule has 0 saturated carbocycles. The van der Waals surface area contributed by atoms with E-state index in [4.69, 9.17) is 46.1 Å². The standard InChI is InChI=1S/C21H24BN5O7PS/c1-12(28)30-11-32-35(22)31-8-14-16(34-35)17(29-2)20(33-14)27-19-15(18(23)24-10-25-19)26-21(27)36-9-13-6-4-3-5-7-13/h3-7,10,14,16-17,20H,8-9,11H2,1-2H3,(H2,23,24,25)/q+1/t14-,16-,17?,20-,35?/m1/s1. The van der Waals surface area contributed by atoms with Gasteiger partial charge in [-0.1, -0.05) is 42.1 Å². The maximum atomic E-state index is 11.1. The van der Waals surface area contributed by atoms with E-state index >= 15 is 0 Å². The summed E-state index contributed by atoms with van der Waals surface area (Å²) in [6.45, 7) is 0.974. The number of methoxy groups -OCH3 is 1. The lowest BCUT2D eigenvalue weighted by Gasteiger charge is -2.31. The molecule has 2 aliphatic rings. The molecule has 3 aromatic rings. The quantitative estimate of drug-likeness (QED) is 0.150. The van der Waals surface area contributed by atoms with Crippen molar-refractivity contribution in [2.75, 3.05) is 26.2 Å². The number of nitrogens with two attached hydrogens (primary N) is 1. The Bertz CT molecular complexity index is 1240. The highest BCUT2D eigenvalue weighted by molar-refractivity contribution is 7.98. The zero-order valence-corrected chi connectivity index (χ0v) is 21.3. The third-order valence-corrected chi connectivity index (χ3v) is 8.21. The lowest BCUT2D eigenvalue weighted by atomic mass is 10.1. The molecule has 0 aliphatic carbocycles. The van der Waals surface area contributed by atoms with Crippen LogP contribution in [0, 0.1) is 0 Å². The Kier molecular flexibility index (Phi) is 7.45. The smallest absolute Gasteiger partial charge is 0.434 e. The molecule has 5 atom stereocenters. The summed E-state index contributed by atoms with van der Waals surface area (Å²) >= 11 is 1.51. The van der Waals surface area contributed by atoms with Crippen molar-refractivity contribution in [3.05, 3.63) is 42.2 Å². The molecule has 12 nitrogen and oxygen atoms in total. The minimum atomic E-state index is -3.28. The van der Waals surface area contributed by atoms with E-state index in [1.807, 2.05) is 34.9 Å². The highest BCUT2D eigenvalue weighted by atomic mass is 32.2. The van der Waals surface area contributed by atoms with E-state index in [-0.39, 0.29) is 19.2 Å². The topological polar surface area (TPSA) is 142 Å². The molecule has 2 aromatic heterocycles. The monoisotopic (exact) mass is 532 g/mol. The largest absolute Gasteiger partial charge is 0.488 e. The Morgan fingerprint density at radius 3 is 2.89 bits per heavy atom. The SMILES string of the molecule is [B][P+]1(OCOC(C)=O)OC[C@H]2O[C@@H](n3c(SCc4ccccc4)nc4c(N)ncnc43)C(OC)[C@@H]2O1. The molecule has 36 heavy (non-hydrogen) atoms. The number of benzene rings is 1. The van der Waals surface area contributed by atoms with Crippen LogP contribution < -0.4 is 5.73 Å². The molecule has 2 aliphatic heterocycles. The van der Waals surface area contributed by atoms with Gasteiger partial charge in [-0.3, -0.25) is 9.36 Å². The first-order chi connectivity index (χ1) is 17.4. The molecular weight excluding hydrogens is 508 g/mol. The van der Waals surface area contributed by atoms with Crippen LogP contribution in [0.2, 0.25) is 0 Å². The molecular formula is C21H24BN5O7PS+. The summed E-state index contributed by atoms with van der Waals surface area (Å²) in [7, 11) is 4.49. The molecule has 0 spiro atoms. The predicted octanol–water partition coefficient (Wildman–Crippen LogP) is 2.41. The fourth-order valence-electron chi connectivity index (χ4n) is 4.02. The van der Waals surface area contributed by atoms with Gasteiger partial charge in [0.2, 0.25) is 6.79 Å². The molecule has 5 rings (SSSR count). The minimum Gasteiger partial charge on any atom is -0.434 e. The van der Waals surface area contributed by atoms with Gasteiger partial charge < -0.3 is 19.9 Å². The summed E-state index contributed by atoms with van der Waals surface area (Å²) in [6.07, 6.45) is -1.02. The fraction of sp³-hybridized carbons (Fsp3) is 0.429. The molecule has 2 saturated heterocycles. The van der Waals surface area contributed by atoms with Gasteiger partial charge in [0.25, 0.3) is 0 Å². The van der Waals surface area contributed by atoms with Crippen LogP contribution in [-0.2, 0) is 38.3 Å². The van der Waals surface area contributed by atoms with Crippen LogP contribution in [0.4, 0.5) is 5.82 Å². The van der Waals surface area contributed by atoms with Gasteiger partial charge in [-0.15, -0.1) is 0 Å². The van der Waals surface area contributed by atoms with Crippen molar-refractivity contribution < 1.29 is 32.6 Å². The van der Waals surface area contributed by atoms with Gasteiger partial charge in [0.05, 0.1) is 0 Å². The van der Waals surface area contributed by atoms with Crippen molar-refractivity contribution in [1.29, 1.82) is 0 Å². The average molecular weight is 532 g/mol. The van der Waals surface area contributed by atoms with E-state index in [0.29, 0.717) is 22.1 Å². The van der Waals surface area contributed by atoms with Crippen LogP contribution in [0.3, 0.4) is 0 Å². The first-order valence-corrected chi connectivity index (χ1v) is 13.6. The van der Waals surface area contributed by atoms with Crippen molar-refractivity contribution in [2.45, 2.75) is 42.4 Å². The summed E-state index contributed by atoms with van der Waals surface area (Å²) in [5, 5.41) is 0.632. The molecule has 2 unspecified atom stereocenters. The van der Waals surface area contributed by atoms with Crippen molar-refractivity contribution in [3.63, 3.8) is 0 Å². The molecule has 188 valence electrons. The number of nitrogens with zero attached hydrogens (tertiary/aromatic N) is 4. The summed E-state index contributed by atoms with van der Waals surface area (Å²) in [5.41, 5.74) is 8.21. The number of nitrogen functional groups attached to an aromatic ring is 1. The normalized spacial score (nSPS) is 27.7. The van der Waals surface area contributed by atoms with Crippen LogP contribution >= 0.6 is 19.6 Å². The number of esters is 1. The van der Waals surface area contributed by atoms with Gasteiger partial charge in [-0.25, -0.2) is 15.0 Å². The van der Waals surface area contributed by atoms with Crippen molar-refractivity contribution >= 4 is 50.1 Å². The molecule has 2 N–H and O–H groups in total. The lowest BCUT2D eigenvalue weighted by molar-refractivity contribution is -0.149. The van der Waals surface area contributed by atoms with E-state index in [1.165, 1.54) is 25.0 Å². The van der Waals surface area contributed by atoms with Gasteiger partial charge in [0.1, 0.15) is 25.1 Å². The van der Waals surface area contributed by atoms with E-state index in [1.54, 1.807) is 7.11 Å². The number of anilines is 1. The number of carbonyl (C=O) groups is 1. The molecule has 2 fully saturated rings. The second kappa shape index (κ2) is 10.6. The van der Waals surface area contributed by atoms with E-state index < -0.39 is 38.3 Å². The van der Waals surface area contributed by atoms with Crippen molar-refractivity contribution in [1.82, 2.24) is 19.5 Å². The molecule has 2 radical (unpaired) electrons.